The summed E-state index contributed by atoms with van der Waals surface area (Å²) in [5.41, 5.74) is 2.24. The minimum atomic E-state index is 0.0326. The number of aromatic amines is 1. The molecule has 1 amide bonds. The van der Waals surface area contributed by atoms with Gasteiger partial charge in [-0.1, -0.05) is 32.0 Å². The van der Waals surface area contributed by atoms with Gasteiger partial charge in [-0.2, -0.15) is 0 Å². The molecule has 2 N–H and O–H groups in total. The van der Waals surface area contributed by atoms with Gasteiger partial charge in [-0.05, 0) is 11.6 Å². The summed E-state index contributed by atoms with van der Waals surface area (Å²) < 4.78 is 0. The first-order valence-electron chi connectivity index (χ1n) is 5.51. The van der Waals surface area contributed by atoms with E-state index >= 15 is 0 Å². The molecule has 0 aliphatic heterocycles. The Balaban J connectivity index is 2.13. The van der Waals surface area contributed by atoms with Crippen LogP contribution < -0.4 is 5.32 Å². The van der Waals surface area contributed by atoms with Crippen molar-refractivity contribution in [3.8, 4) is 0 Å². The molecule has 0 bridgehead atoms. The fourth-order valence-corrected chi connectivity index (χ4v) is 1.66. The number of rotatable bonds is 3. The number of fused-ring (bicyclic) bond motifs is 1. The van der Waals surface area contributed by atoms with Crippen molar-refractivity contribution in [2.45, 2.75) is 20.4 Å². The summed E-state index contributed by atoms with van der Waals surface area (Å²) in [6.07, 6.45) is 1.95. The van der Waals surface area contributed by atoms with Gasteiger partial charge in [-0.25, -0.2) is 0 Å². The molecule has 0 radical (unpaired) electrons. The van der Waals surface area contributed by atoms with Gasteiger partial charge >= 0.3 is 0 Å². The first-order chi connectivity index (χ1) is 7.68. The molecule has 16 heavy (non-hydrogen) atoms. The molecule has 1 heterocycles. The van der Waals surface area contributed by atoms with Crippen molar-refractivity contribution < 1.29 is 4.79 Å². The third-order valence-corrected chi connectivity index (χ3v) is 2.65. The van der Waals surface area contributed by atoms with Crippen LogP contribution in [0, 0.1) is 5.92 Å². The van der Waals surface area contributed by atoms with E-state index in [1.54, 1.807) is 0 Å². The Hall–Kier alpha value is -1.77. The molecular formula is C13H16N2O. The highest BCUT2D eigenvalue weighted by molar-refractivity contribution is 5.84. The van der Waals surface area contributed by atoms with Gasteiger partial charge < -0.3 is 10.3 Å². The van der Waals surface area contributed by atoms with Crippen molar-refractivity contribution in [1.82, 2.24) is 10.3 Å². The van der Waals surface area contributed by atoms with E-state index in [9.17, 15) is 4.79 Å². The Morgan fingerprint density at radius 2 is 2.12 bits per heavy atom. The van der Waals surface area contributed by atoms with Crippen LogP contribution in [0.3, 0.4) is 0 Å². The van der Waals surface area contributed by atoms with Crippen LogP contribution in [0.25, 0.3) is 10.9 Å². The summed E-state index contributed by atoms with van der Waals surface area (Å²) in [6, 6.07) is 8.09. The molecule has 3 heteroatoms. The Kier molecular flexibility index (Phi) is 2.95. The molecule has 2 rings (SSSR count). The molecule has 0 fully saturated rings. The quantitative estimate of drug-likeness (QED) is 0.813. The molecule has 0 saturated heterocycles. The predicted molar refractivity (Wildman–Crippen MR) is 65.0 cm³/mol. The maximum Gasteiger partial charge on any atom is 0.222 e. The van der Waals surface area contributed by atoms with Crippen LogP contribution in [0.2, 0.25) is 0 Å². The van der Waals surface area contributed by atoms with Gasteiger partial charge in [0, 0.05) is 29.6 Å². The Bertz CT molecular complexity index is 499. The van der Waals surface area contributed by atoms with Gasteiger partial charge in [0.25, 0.3) is 0 Å². The fourth-order valence-electron chi connectivity index (χ4n) is 1.66. The van der Waals surface area contributed by atoms with Gasteiger partial charge in [-0.3, -0.25) is 4.79 Å². The second kappa shape index (κ2) is 4.39. The molecule has 1 aromatic heterocycles. The smallest absolute Gasteiger partial charge is 0.222 e. The van der Waals surface area contributed by atoms with Crippen LogP contribution >= 0.6 is 0 Å². The number of para-hydroxylation sites is 1. The van der Waals surface area contributed by atoms with Crippen LogP contribution in [0.4, 0.5) is 0 Å². The van der Waals surface area contributed by atoms with Crippen molar-refractivity contribution >= 4 is 16.8 Å². The van der Waals surface area contributed by atoms with Crippen molar-refractivity contribution in [1.29, 1.82) is 0 Å². The minimum absolute atomic E-state index is 0.0326. The van der Waals surface area contributed by atoms with Gasteiger partial charge in [0.1, 0.15) is 0 Å². The average molecular weight is 216 g/mol. The normalized spacial score (nSPS) is 10.9. The summed E-state index contributed by atoms with van der Waals surface area (Å²) >= 11 is 0. The standard InChI is InChI=1S/C13H16N2O/c1-9(2)13(16)15-8-10-7-14-12-6-4-3-5-11(10)12/h3-7,9,14H,8H2,1-2H3,(H,15,16). The Morgan fingerprint density at radius 1 is 1.38 bits per heavy atom. The highest BCUT2D eigenvalue weighted by atomic mass is 16.1. The number of benzene rings is 1. The number of nitrogens with one attached hydrogen (secondary N) is 2. The lowest BCUT2D eigenvalue weighted by molar-refractivity contribution is -0.124. The lowest BCUT2D eigenvalue weighted by Crippen LogP contribution is -2.26. The van der Waals surface area contributed by atoms with Crippen LogP contribution in [0.1, 0.15) is 19.4 Å². The zero-order chi connectivity index (χ0) is 11.5. The highest BCUT2D eigenvalue weighted by Gasteiger charge is 2.07. The number of amides is 1. The SMILES string of the molecule is CC(C)C(=O)NCc1c[nH]c2ccccc12. The fraction of sp³-hybridized carbons (Fsp3) is 0.308. The molecule has 84 valence electrons. The van der Waals surface area contributed by atoms with Crippen molar-refractivity contribution in [3.05, 3.63) is 36.0 Å². The third kappa shape index (κ3) is 2.08. The number of hydrogen-bond acceptors (Lipinski definition) is 1. The topological polar surface area (TPSA) is 44.9 Å². The number of aromatic nitrogens is 1. The number of carbonyl (C=O) groups is 1. The Morgan fingerprint density at radius 3 is 2.88 bits per heavy atom. The second-order valence-electron chi connectivity index (χ2n) is 4.23. The van der Waals surface area contributed by atoms with E-state index in [0.717, 1.165) is 11.1 Å². The van der Waals surface area contributed by atoms with Gasteiger partial charge in [-0.15, -0.1) is 0 Å². The summed E-state index contributed by atoms with van der Waals surface area (Å²) in [6.45, 7) is 4.37. The van der Waals surface area contributed by atoms with Crippen LogP contribution in [0.5, 0.6) is 0 Å². The van der Waals surface area contributed by atoms with E-state index in [2.05, 4.69) is 16.4 Å². The molecule has 0 unspecified atom stereocenters. The molecule has 1 aromatic carbocycles. The minimum Gasteiger partial charge on any atom is -0.361 e. The zero-order valence-corrected chi connectivity index (χ0v) is 9.58. The highest BCUT2D eigenvalue weighted by Crippen LogP contribution is 2.17. The van der Waals surface area contributed by atoms with Gasteiger partial charge in [0.2, 0.25) is 5.91 Å². The van der Waals surface area contributed by atoms with Gasteiger partial charge in [0.15, 0.2) is 0 Å². The first kappa shape index (κ1) is 10.7. The van der Waals surface area contributed by atoms with E-state index in [0.29, 0.717) is 6.54 Å². The molecule has 3 nitrogen and oxygen atoms in total. The van der Waals surface area contributed by atoms with E-state index in [4.69, 9.17) is 0 Å². The lowest BCUT2D eigenvalue weighted by atomic mass is 10.1. The first-order valence-corrected chi connectivity index (χ1v) is 5.51. The molecule has 2 aromatic rings. The summed E-state index contributed by atoms with van der Waals surface area (Å²) in [5, 5.41) is 4.09. The molecule has 0 spiro atoms. The molecule has 0 aliphatic rings. The van der Waals surface area contributed by atoms with Crippen LogP contribution in [-0.4, -0.2) is 10.9 Å². The van der Waals surface area contributed by atoms with Crippen molar-refractivity contribution in [2.75, 3.05) is 0 Å². The number of carbonyl (C=O) groups excluding carboxylic acids is 1. The maximum absolute atomic E-state index is 11.5. The summed E-state index contributed by atoms with van der Waals surface area (Å²) in [7, 11) is 0. The largest absolute Gasteiger partial charge is 0.361 e. The zero-order valence-electron chi connectivity index (χ0n) is 9.58. The van der Waals surface area contributed by atoms with Crippen molar-refractivity contribution in [2.24, 2.45) is 5.92 Å². The summed E-state index contributed by atoms with van der Waals surface area (Å²) in [4.78, 5) is 14.6. The molecule has 0 atom stereocenters. The average Bonchev–Trinajstić information content (AvgIpc) is 2.69. The van der Waals surface area contributed by atoms with Crippen LogP contribution in [-0.2, 0) is 11.3 Å². The van der Waals surface area contributed by atoms with E-state index in [1.807, 2.05) is 38.2 Å². The van der Waals surface area contributed by atoms with E-state index in [1.165, 1.54) is 5.39 Å². The van der Waals surface area contributed by atoms with E-state index in [-0.39, 0.29) is 11.8 Å². The number of H-pyrrole nitrogens is 1. The van der Waals surface area contributed by atoms with Gasteiger partial charge in [0.05, 0.1) is 0 Å². The molecule has 0 aliphatic carbocycles. The van der Waals surface area contributed by atoms with E-state index < -0.39 is 0 Å². The lowest BCUT2D eigenvalue weighted by Gasteiger charge is -2.06. The monoisotopic (exact) mass is 216 g/mol. The number of hydrogen-bond donors (Lipinski definition) is 2. The molecular weight excluding hydrogens is 200 g/mol. The molecule has 0 saturated carbocycles. The summed E-state index contributed by atoms with van der Waals surface area (Å²) in [5.74, 6) is 0.121. The van der Waals surface area contributed by atoms with Crippen molar-refractivity contribution in [3.63, 3.8) is 0 Å². The Labute approximate surface area is 94.9 Å². The third-order valence-electron chi connectivity index (χ3n) is 2.65. The maximum atomic E-state index is 11.5. The predicted octanol–water partition coefficient (Wildman–Crippen LogP) is 2.44. The van der Waals surface area contributed by atoms with Crippen LogP contribution in [0.15, 0.2) is 30.5 Å². The second-order valence-corrected chi connectivity index (χ2v) is 4.23.